The minimum atomic E-state index is -0.295. The maximum atomic E-state index is 14.7. The number of fused-ring (bicyclic) bond motifs is 15. The van der Waals surface area contributed by atoms with Crippen molar-refractivity contribution in [2.45, 2.75) is 107 Å². The van der Waals surface area contributed by atoms with Crippen LogP contribution in [0.2, 0.25) is 5.02 Å². The average Bonchev–Trinajstić information content (AvgIpc) is 1.61. The first-order valence-electron chi connectivity index (χ1n) is 46.2. The topological polar surface area (TPSA) is 229 Å². The molecule has 145 heavy (non-hydrogen) atoms. The van der Waals surface area contributed by atoms with Gasteiger partial charge in [-0.15, -0.1) is 0 Å². The molecule has 0 amide bonds. The van der Waals surface area contributed by atoms with Crippen molar-refractivity contribution in [3.8, 4) is 85.7 Å². The highest BCUT2D eigenvalue weighted by molar-refractivity contribution is 14.1. The minimum Gasteiger partial charge on any atom is -0.462 e. The monoisotopic (exact) mass is 2430 g/mol. The molecular formula is C115H89Br6ClFIN16O5. The summed E-state index contributed by atoms with van der Waals surface area (Å²) in [5, 5.41) is 0.677. The van der Waals surface area contributed by atoms with Gasteiger partial charge in [0.25, 0.3) is 0 Å². The molecule has 0 saturated carbocycles. The normalized spacial score (nSPS) is 15.4. The van der Waals surface area contributed by atoms with Crippen LogP contribution in [0, 0.1) is 44.0 Å². The van der Waals surface area contributed by atoms with E-state index in [0.29, 0.717) is 16.3 Å². The van der Waals surface area contributed by atoms with Gasteiger partial charge in [0, 0.05) is 91.7 Å². The molecule has 30 heteroatoms. The highest BCUT2D eigenvalue weighted by Gasteiger charge is 2.37. The molecule has 20 aromatic rings. The first-order chi connectivity index (χ1) is 69.8. The second-order valence-electron chi connectivity index (χ2n) is 35.1. The van der Waals surface area contributed by atoms with E-state index in [2.05, 4.69) is 264 Å². The molecule has 11 aromatic heterocycles. The van der Waals surface area contributed by atoms with Crippen LogP contribution in [-0.2, 0) is 0 Å². The summed E-state index contributed by atoms with van der Waals surface area (Å²) in [5.41, 5.74) is 33.1. The van der Waals surface area contributed by atoms with E-state index in [4.69, 9.17) is 73.6 Å². The van der Waals surface area contributed by atoms with Crippen LogP contribution in [0.25, 0.3) is 85.7 Å². The second kappa shape index (κ2) is 41.7. The highest BCUT2D eigenvalue weighted by atomic mass is 127. The Bertz CT molecular complexity index is 7780. The molecule has 0 radical (unpaired) electrons. The number of aryl methyl sites for hydroxylation is 5. The second-order valence-corrected chi connectivity index (χ2v) is 42.1. The summed E-state index contributed by atoms with van der Waals surface area (Å²) in [7, 11) is 0. The van der Waals surface area contributed by atoms with Crippen molar-refractivity contribution in [2.75, 3.05) is 0 Å². The predicted molar refractivity (Wildman–Crippen MR) is 601 cm³/mol. The van der Waals surface area contributed by atoms with Crippen LogP contribution in [0.15, 0.2) is 380 Å². The van der Waals surface area contributed by atoms with Gasteiger partial charge in [-0.05, 0) is 283 Å². The van der Waals surface area contributed by atoms with E-state index in [9.17, 15) is 4.39 Å². The lowest BCUT2D eigenvalue weighted by atomic mass is 10.00. The summed E-state index contributed by atoms with van der Waals surface area (Å²) in [5.74, 6) is 3.60. The van der Waals surface area contributed by atoms with Crippen LogP contribution >= 0.6 is 130 Å². The Kier molecular flexibility index (Phi) is 28.5. The Morgan fingerprint density at radius 2 is 0.559 bits per heavy atom. The number of pyridine rings is 1. The zero-order valence-corrected chi connectivity index (χ0v) is 91.3. The van der Waals surface area contributed by atoms with Crippen molar-refractivity contribution in [1.82, 2.24) is 52.7 Å². The number of hydrogen-bond acceptors (Lipinski definition) is 16. The molecule has 0 spiro atoms. The number of hydrogen-bond donors (Lipinski definition) is 0. The third kappa shape index (κ3) is 18.9. The van der Waals surface area contributed by atoms with Gasteiger partial charge in [-0.3, -0.25) is 52.8 Å². The lowest BCUT2D eigenvalue weighted by molar-refractivity contribution is 0.576. The van der Waals surface area contributed by atoms with E-state index in [-0.39, 0.29) is 43.5 Å². The summed E-state index contributed by atoms with van der Waals surface area (Å²) in [6, 6.07) is 77.0. The third-order valence-corrected chi connectivity index (χ3v) is 30.2. The number of aliphatic imine (C=N–C) groups is 5. The molecule has 5 aliphatic heterocycles. The molecule has 25 rings (SSSR count). The van der Waals surface area contributed by atoms with E-state index in [0.717, 1.165) is 242 Å². The van der Waals surface area contributed by atoms with Crippen LogP contribution < -0.4 is 0 Å². The molecule has 0 aliphatic carbocycles. The van der Waals surface area contributed by atoms with Crippen LogP contribution in [0.4, 0.5) is 4.39 Å². The fourth-order valence-corrected chi connectivity index (χ4v) is 22.2. The molecule has 16 heterocycles. The molecule has 5 atom stereocenters. The molecule has 0 N–H and O–H groups in total. The van der Waals surface area contributed by atoms with Gasteiger partial charge in [-0.2, -0.15) is 0 Å². The Balaban J connectivity index is 0.000000110. The lowest BCUT2D eigenvalue weighted by Crippen LogP contribution is -2.09. The maximum Gasteiger partial charge on any atom is 0.157 e. The van der Waals surface area contributed by atoms with Gasteiger partial charge in [0.05, 0.1) is 153 Å². The number of imidazole rings is 5. The molecular weight excluding hydrogens is 2350 g/mol. The standard InChI is InChI=1S/C23H17Br2N3O.C23H17BrClN3O.C23H17BrFN3O.C23H17BrIN3O.C22H17BrN4O.CH4/c4*1-13-9-10-29-23(13)21-22-14(2)27-20(16-5-3-4-6-18(16)25)17-11-15(24)7-8-19(17)28(22)12-26-21;1-13-8-10-28-22(13)20-21-14(2)26-19(17-5-3-4-9-24-17)16-11-15(23)6-7-18(16)27(21)12-25-20;/h4*3-12,14H,1-2H3;3-12,14H,1-2H3;1H4/t5*14-;/m00000./s1. The molecule has 722 valence electrons. The van der Waals surface area contributed by atoms with Crippen LogP contribution in [-0.4, -0.2) is 81.3 Å². The highest BCUT2D eigenvalue weighted by Crippen LogP contribution is 2.47. The summed E-state index contributed by atoms with van der Waals surface area (Å²) in [6.07, 6.45) is 19.5. The molecule has 0 unspecified atom stereocenters. The Morgan fingerprint density at radius 1 is 0.290 bits per heavy atom. The van der Waals surface area contributed by atoms with Crippen molar-refractivity contribution in [2.24, 2.45) is 25.0 Å². The van der Waals surface area contributed by atoms with E-state index < -0.39 is 0 Å². The number of halogens is 9. The van der Waals surface area contributed by atoms with Crippen molar-refractivity contribution in [3.63, 3.8) is 0 Å². The third-order valence-electron chi connectivity index (χ3n) is 25.8. The van der Waals surface area contributed by atoms with Gasteiger partial charge in [0.15, 0.2) is 28.8 Å². The zero-order valence-electron chi connectivity index (χ0n) is 78.9. The fraction of sp³-hybridized carbons (Fsp3) is 0.139. The van der Waals surface area contributed by atoms with E-state index >= 15 is 0 Å². The van der Waals surface area contributed by atoms with Gasteiger partial charge < -0.3 is 22.1 Å². The van der Waals surface area contributed by atoms with Crippen molar-refractivity contribution in [1.29, 1.82) is 0 Å². The first kappa shape index (κ1) is 99.1. The number of aromatic nitrogens is 11. The predicted octanol–water partition coefficient (Wildman–Crippen LogP) is 32.8. The SMILES string of the molecule is C.Cc1ccoc1-c1ncn2c1[C@H](C)N=C(c1ccccc1Br)c1cc(Br)ccc1-2.Cc1ccoc1-c1ncn2c1[C@H](C)N=C(c1ccccc1Cl)c1cc(Br)ccc1-2.Cc1ccoc1-c1ncn2c1[C@H](C)N=C(c1ccccc1F)c1cc(Br)ccc1-2.Cc1ccoc1-c1ncn2c1[C@H](C)N=C(c1ccccc1I)c1cc(Br)ccc1-2.Cc1ccoc1-c1ncn2c1[C@H](C)N=C(c1ccccn1)c1cc(Br)ccc1-2. The summed E-state index contributed by atoms with van der Waals surface area (Å²) < 4.78 is 61.1. The number of nitrogens with zero attached hydrogens (tertiary/aromatic N) is 16. The molecule has 0 saturated heterocycles. The lowest BCUT2D eigenvalue weighted by Gasteiger charge is -2.13. The number of rotatable bonds is 10. The molecule has 0 bridgehead atoms. The van der Waals surface area contributed by atoms with Gasteiger partial charge in [-0.1, -0.05) is 187 Å². The summed E-state index contributed by atoms with van der Waals surface area (Å²) in [4.78, 5) is 53.5. The smallest absolute Gasteiger partial charge is 0.157 e. The maximum absolute atomic E-state index is 14.7. The van der Waals surface area contributed by atoms with Gasteiger partial charge >= 0.3 is 0 Å². The van der Waals surface area contributed by atoms with Gasteiger partial charge in [-0.25, -0.2) is 29.3 Å². The molecule has 21 nitrogen and oxygen atoms in total. The first-order valence-corrected chi connectivity index (χ1v) is 52.4. The minimum absolute atomic E-state index is 0. The van der Waals surface area contributed by atoms with Gasteiger partial charge in [0.2, 0.25) is 0 Å². The van der Waals surface area contributed by atoms with E-state index in [1.807, 2.05) is 205 Å². The molecule has 5 aliphatic rings. The Morgan fingerprint density at radius 3 is 0.862 bits per heavy atom. The summed E-state index contributed by atoms with van der Waals surface area (Å²) >= 11 is 30.7. The van der Waals surface area contributed by atoms with Crippen molar-refractivity contribution >= 4 is 158 Å². The number of benzene rings is 9. The van der Waals surface area contributed by atoms with Crippen molar-refractivity contribution < 1.29 is 26.5 Å². The summed E-state index contributed by atoms with van der Waals surface area (Å²) in [6.45, 7) is 20.5. The van der Waals surface area contributed by atoms with Crippen molar-refractivity contribution in [3.05, 3.63) is 459 Å². The molecule has 9 aromatic carbocycles. The van der Waals surface area contributed by atoms with E-state index in [1.54, 1.807) is 56.0 Å². The molecule has 0 fully saturated rings. The largest absolute Gasteiger partial charge is 0.462 e. The Labute approximate surface area is 905 Å². The average molecular weight is 2440 g/mol. The zero-order chi connectivity index (χ0) is 99.7. The van der Waals surface area contributed by atoms with Gasteiger partial charge in [0.1, 0.15) is 65.9 Å². The van der Waals surface area contributed by atoms with Crippen LogP contribution in [0.5, 0.6) is 0 Å². The Hall–Kier alpha value is -13.2. The van der Waals surface area contributed by atoms with Crippen LogP contribution in [0.3, 0.4) is 0 Å². The fourth-order valence-electron chi connectivity index (χ4n) is 19.0. The van der Waals surface area contributed by atoms with Crippen LogP contribution in [0.1, 0.15) is 184 Å². The van der Waals surface area contributed by atoms with E-state index in [1.165, 1.54) is 9.64 Å². The quantitative estimate of drug-likeness (QED) is 0.117. The number of furan rings is 5.